The summed E-state index contributed by atoms with van der Waals surface area (Å²) in [7, 11) is 0. The zero-order valence-corrected chi connectivity index (χ0v) is 13.0. The first-order chi connectivity index (χ1) is 10.6. The molecule has 3 N–H and O–H groups in total. The van der Waals surface area contributed by atoms with Gasteiger partial charge in [-0.2, -0.15) is 0 Å². The van der Waals surface area contributed by atoms with Crippen molar-refractivity contribution in [3.8, 4) is 0 Å². The molecule has 2 rings (SSSR count). The Morgan fingerprint density at radius 3 is 2.41 bits per heavy atom. The first-order valence-electron chi connectivity index (χ1n) is 7.92. The second-order valence-electron chi connectivity index (χ2n) is 5.94. The molecule has 1 aromatic rings. The van der Waals surface area contributed by atoms with Gasteiger partial charge in [0.15, 0.2) is 0 Å². The maximum absolute atomic E-state index is 12.4. The van der Waals surface area contributed by atoms with Crippen molar-refractivity contribution in [2.24, 2.45) is 0 Å². The molecule has 1 aromatic carbocycles. The highest BCUT2D eigenvalue weighted by atomic mass is 16.3. The molecule has 120 valence electrons. The summed E-state index contributed by atoms with van der Waals surface area (Å²) in [6.07, 6.45) is 4.49. The fourth-order valence-electron chi connectivity index (χ4n) is 2.83. The Balaban J connectivity index is 2.08. The molecular formula is C17H24N2O3. The molecule has 1 fully saturated rings. The predicted octanol–water partition coefficient (Wildman–Crippen LogP) is 1.86. The van der Waals surface area contributed by atoms with Gasteiger partial charge in [0.2, 0.25) is 0 Å². The van der Waals surface area contributed by atoms with Crippen molar-refractivity contribution in [1.29, 1.82) is 0 Å². The van der Waals surface area contributed by atoms with Crippen molar-refractivity contribution in [2.45, 2.75) is 44.6 Å². The summed E-state index contributed by atoms with van der Waals surface area (Å²) in [5, 5.41) is 15.3. The molecular weight excluding hydrogens is 280 g/mol. The molecule has 0 bridgehead atoms. The summed E-state index contributed by atoms with van der Waals surface area (Å²) < 4.78 is 0. The minimum atomic E-state index is -0.502. The molecule has 0 saturated heterocycles. The minimum Gasteiger partial charge on any atom is -0.394 e. The molecule has 0 heterocycles. The highest BCUT2D eigenvalue weighted by molar-refractivity contribution is 5.99. The Morgan fingerprint density at radius 2 is 1.82 bits per heavy atom. The van der Waals surface area contributed by atoms with Crippen molar-refractivity contribution in [3.63, 3.8) is 0 Å². The second kappa shape index (κ2) is 7.40. The van der Waals surface area contributed by atoms with Crippen LogP contribution in [0.2, 0.25) is 0 Å². The summed E-state index contributed by atoms with van der Waals surface area (Å²) in [6, 6.07) is 6.68. The van der Waals surface area contributed by atoms with E-state index >= 15 is 0 Å². The number of aliphatic hydroxyl groups excluding tert-OH is 1. The van der Waals surface area contributed by atoms with E-state index in [2.05, 4.69) is 10.6 Å². The fraction of sp³-hybridized carbons (Fsp3) is 0.529. The highest BCUT2D eigenvalue weighted by Gasteiger charge is 2.34. The lowest BCUT2D eigenvalue weighted by Crippen LogP contribution is -2.49. The molecule has 2 amide bonds. The number of hydrogen-bond acceptors (Lipinski definition) is 3. The maximum Gasteiger partial charge on any atom is 0.251 e. The van der Waals surface area contributed by atoms with E-state index in [4.69, 9.17) is 0 Å². The van der Waals surface area contributed by atoms with Crippen molar-refractivity contribution >= 4 is 11.8 Å². The second-order valence-corrected chi connectivity index (χ2v) is 5.94. The molecule has 22 heavy (non-hydrogen) atoms. The lowest BCUT2D eigenvalue weighted by atomic mass is 9.98. The number of carbonyl (C=O) groups is 2. The number of nitrogens with one attached hydrogen (secondary N) is 2. The average Bonchev–Trinajstić information content (AvgIpc) is 3.01. The summed E-state index contributed by atoms with van der Waals surface area (Å²) >= 11 is 0. The summed E-state index contributed by atoms with van der Waals surface area (Å²) in [5.74, 6) is -0.407. The van der Waals surface area contributed by atoms with Crippen LogP contribution in [0.4, 0.5) is 0 Å². The highest BCUT2D eigenvalue weighted by Crippen LogP contribution is 2.29. The third kappa shape index (κ3) is 3.85. The zero-order valence-electron chi connectivity index (χ0n) is 13.0. The Labute approximate surface area is 131 Å². The van der Waals surface area contributed by atoms with Gasteiger partial charge in [-0.05, 0) is 37.5 Å². The van der Waals surface area contributed by atoms with Crippen LogP contribution in [-0.4, -0.2) is 35.6 Å². The monoisotopic (exact) mass is 304 g/mol. The maximum atomic E-state index is 12.4. The van der Waals surface area contributed by atoms with E-state index in [1.165, 1.54) is 0 Å². The summed E-state index contributed by atoms with van der Waals surface area (Å²) in [6.45, 7) is 2.55. The van der Waals surface area contributed by atoms with Gasteiger partial charge >= 0.3 is 0 Å². The van der Waals surface area contributed by atoms with Crippen molar-refractivity contribution in [1.82, 2.24) is 10.6 Å². The van der Waals surface area contributed by atoms with E-state index in [1.54, 1.807) is 24.3 Å². The summed E-state index contributed by atoms with van der Waals surface area (Å²) in [4.78, 5) is 24.4. The van der Waals surface area contributed by atoms with Gasteiger partial charge in [0.05, 0.1) is 12.1 Å². The van der Waals surface area contributed by atoms with E-state index in [-0.39, 0.29) is 18.4 Å². The van der Waals surface area contributed by atoms with Crippen LogP contribution >= 0.6 is 0 Å². The Bertz CT molecular complexity index is 536. The number of rotatable bonds is 6. The Hall–Kier alpha value is -1.88. The molecule has 0 radical (unpaired) electrons. The first kappa shape index (κ1) is 16.5. The van der Waals surface area contributed by atoms with Crippen LogP contribution in [0.15, 0.2) is 24.3 Å². The topological polar surface area (TPSA) is 78.4 Å². The van der Waals surface area contributed by atoms with Gasteiger partial charge in [-0.3, -0.25) is 9.59 Å². The first-order valence-corrected chi connectivity index (χ1v) is 7.92. The number of amides is 2. The Kier molecular flexibility index (Phi) is 5.55. The van der Waals surface area contributed by atoms with E-state index in [0.29, 0.717) is 17.7 Å². The number of benzene rings is 1. The van der Waals surface area contributed by atoms with E-state index in [0.717, 1.165) is 32.1 Å². The molecule has 0 atom stereocenters. The average molecular weight is 304 g/mol. The van der Waals surface area contributed by atoms with Crippen LogP contribution in [0.5, 0.6) is 0 Å². The zero-order chi connectivity index (χ0) is 16.0. The van der Waals surface area contributed by atoms with Gasteiger partial charge in [-0.25, -0.2) is 0 Å². The Morgan fingerprint density at radius 1 is 1.18 bits per heavy atom. The third-order valence-electron chi connectivity index (χ3n) is 4.16. The molecule has 1 saturated carbocycles. The molecule has 1 aliphatic carbocycles. The molecule has 0 unspecified atom stereocenters. The van der Waals surface area contributed by atoms with Gasteiger partial charge < -0.3 is 15.7 Å². The predicted molar refractivity (Wildman–Crippen MR) is 84.8 cm³/mol. The standard InChI is InChI=1S/C17H24N2O3/c1-2-10-18-15(21)13-6-5-7-14(11-13)16(22)19-17(12-20)8-3-4-9-17/h5-7,11,20H,2-4,8-10,12H2,1H3,(H,18,21)(H,19,22). The molecule has 0 aliphatic heterocycles. The van der Waals surface area contributed by atoms with Crippen molar-refractivity contribution in [2.75, 3.05) is 13.2 Å². The van der Waals surface area contributed by atoms with Crippen LogP contribution in [0.3, 0.4) is 0 Å². The van der Waals surface area contributed by atoms with Crippen LogP contribution in [-0.2, 0) is 0 Å². The minimum absolute atomic E-state index is 0.0462. The van der Waals surface area contributed by atoms with Crippen LogP contribution in [0.25, 0.3) is 0 Å². The van der Waals surface area contributed by atoms with Crippen molar-refractivity contribution in [3.05, 3.63) is 35.4 Å². The molecule has 1 aliphatic rings. The van der Waals surface area contributed by atoms with Crippen molar-refractivity contribution < 1.29 is 14.7 Å². The van der Waals surface area contributed by atoms with E-state index < -0.39 is 5.54 Å². The number of aliphatic hydroxyl groups is 1. The lowest BCUT2D eigenvalue weighted by Gasteiger charge is -2.28. The molecule has 5 nitrogen and oxygen atoms in total. The van der Waals surface area contributed by atoms with Crippen LogP contribution in [0, 0.1) is 0 Å². The normalized spacial score (nSPS) is 16.3. The largest absolute Gasteiger partial charge is 0.394 e. The molecule has 0 spiro atoms. The van der Waals surface area contributed by atoms with Gasteiger partial charge in [0, 0.05) is 17.7 Å². The quantitative estimate of drug-likeness (QED) is 0.750. The number of carbonyl (C=O) groups excluding carboxylic acids is 2. The molecule has 5 heteroatoms. The smallest absolute Gasteiger partial charge is 0.251 e. The van der Waals surface area contributed by atoms with E-state index in [1.807, 2.05) is 6.92 Å². The van der Waals surface area contributed by atoms with Gasteiger partial charge in [0.1, 0.15) is 0 Å². The van der Waals surface area contributed by atoms with Gasteiger partial charge in [-0.1, -0.05) is 25.8 Å². The fourth-order valence-corrected chi connectivity index (χ4v) is 2.83. The summed E-state index contributed by atoms with van der Waals surface area (Å²) in [5.41, 5.74) is 0.423. The third-order valence-corrected chi connectivity index (χ3v) is 4.16. The van der Waals surface area contributed by atoms with E-state index in [9.17, 15) is 14.7 Å². The molecule has 0 aromatic heterocycles. The lowest BCUT2D eigenvalue weighted by molar-refractivity contribution is 0.0838. The van der Waals surface area contributed by atoms with Gasteiger partial charge in [-0.15, -0.1) is 0 Å². The van der Waals surface area contributed by atoms with Crippen LogP contribution < -0.4 is 10.6 Å². The number of hydrogen-bond donors (Lipinski definition) is 3. The van der Waals surface area contributed by atoms with Crippen LogP contribution in [0.1, 0.15) is 59.7 Å². The SMILES string of the molecule is CCCNC(=O)c1cccc(C(=O)NC2(CO)CCCC2)c1. The van der Waals surface area contributed by atoms with Gasteiger partial charge in [0.25, 0.3) is 11.8 Å².